The number of anilines is 1. The Morgan fingerprint density at radius 2 is 2.00 bits per heavy atom. The number of rotatable bonds is 8. The first-order valence-electron chi connectivity index (χ1n) is 9.51. The van der Waals surface area contributed by atoms with Crippen LogP contribution in [-0.4, -0.2) is 46.2 Å². The summed E-state index contributed by atoms with van der Waals surface area (Å²) in [5, 5.41) is 10.7. The normalized spacial score (nSPS) is 10.9. The molecule has 0 aliphatic rings. The molecule has 0 radical (unpaired) electrons. The van der Waals surface area contributed by atoms with Gasteiger partial charge in [-0.05, 0) is 30.7 Å². The molecule has 3 aromatic rings. The lowest BCUT2D eigenvalue weighted by Gasteiger charge is -2.22. The second-order valence-electron chi connectivity index (χ2n) is 6.87. The average molecular weight is 450 g/mol. The molecule has 0 spiro atoms. The molecule has 7 nitrogen and oxygen atoms in total. The topological polar surface area (TPSA) is 72.3 Å². The Bertz CT molecular complexity index is 1060. The summed E-state index contributed by atoms with van der Waals surface area (Å²) in [7, 11) is 1.53. The van der Waals surface area contributed by atoms with Crippen LogP contribution in [0.5, 0.6) is 0 Å². The van der Waals surface area contributed by atoms with Crippen LogP contribution in [-0.2, 0) is 17.8 Å². The summed E-state index contributed by atoms with van der Waals surface area (Å²) in [6.45, 7) is 2.71. The van der Waals surface area contributed by atoms with Gasteiger partial charge in [0.05, 0.1) is 23.9 Å². The van der Waals surface area contributed by atoms with Crippen molar-refractivity contribution < 1.29 is 18.3 Å². The van der Waals surface area contributed by atoms with E-state index < -0.39 is 11.8 Å². The summed E-state index contributed by atoms with van der Waals surface area (Å²) in [5.74, 6) is -0.604. The first-order chi connectivity index (χ1) is 14.9. The van der Waals surface area contributed by atoms with Gasteiger partial charge in [0, 0.05) is 25.8 Å². The molecule has 3 rings (SSSR count). The molecule has 0 aliphatic heterocycles. The van der Waals surface area contributed by atoms with Crippen LogP contribution in [0.15, 0.2) is 42.5 Å². The van der Waals surface area contributed by atoms with E-state index in [2.05, 4.69) is 15.6 Å². The second kappa shape index (κ2) is 10.3. The molecular formula is C21H22ClF2N5O2. The third-order valence-corrected chi connectivity index (χ3v) is 4.99. The van der Waals surface area contributed by atoms with E-state index in [0.29, 0.717) is 30.0 Å². The number of hydrogen-bond acceptors (Lipinski definition) is 4. The number of nitrogens with zero attached hydrogens (tertiary/aromatic N) is 4. The molecule has 0 saturated heterocycles. The summed E-state index contributed by atoms with van der Waals surface area (Å²) in [5.41, 5.74) is 1.70. The smallest absolute Gasteiger partial charge is 0.323 e. The lowest BCUT2D eigenvalue weighted by atomic mass is 10.2. The van der Waals surface area contributed by atoms with Gasteiger partial charge in [-0.1, -0.05) is 41.1 Å². The van der Waals surface area contributed by atoms with Crippen molar-refractivity contribution in [3.63, 3.8) is 0 Å². The third-order valence-electron chi connectivity index (χ3n) is 4.70. The van der Waals surface area contributed by atoms with Crippen molar-refractivity contribution in [1.82, 2.24) is 19.9 Å². The highest BCUT2D eigenvalue weighted by Gasteiger charge is 2.19. The van der Waals surface area contributed by atoms with Crippen molar-refractivity contribution in [3.8, 4) is 0 Å². The Morgan fingerprint density at radius 1 is 1.23 bits per heavy atom. The quantitative estimate of drug-likeness (QED) is 0.558. The van der Waals surface area contributed by atoms with E-state index in [1.54, 1.807) is 31.2 Å². The zero-order valence-corrected chi connectivity index (χ0v) is 17.9. The van der Waals surface area contributed by atoms with Crippen molar-refractivity contribution >= 4 is 23.4 Å². The zero-order chi connectivity index (χ0) is 22.4. The van der Waals surface area contributed by atoms with Crippen LogP contribution in [0.4, 0.5) is 19.4 Å². The minimum atomic E-state index is -0.527. The fourth-order valence-electron chi connectivity index (χ4n) is 2.91. The van der Waals surface area contributed by atoms with Gasteiger partial charge in [0.1, 0.15) is 11.6 Å². The van der Waals surface area contributed by atoms with Gasteiger partial charge in [-0.3, -0.25) is 5.32 Å². The summed E-state index contributed by atoms with van der Waals surface area (Å²) in [6.07, 6.45) is 0. The molecule has 10 heteroatoms. The minimum Gasteiger partial charge on any atom is -0.383 e. The molecule has 0 fully saturated rings. The monoisotopic (exact) mass is 449 g/mol. The van der Waals surface area contributed by atoms with Crippen molar-refractivity contribution in [2.75, 3.05) is 25.6 Å². The molecule has 2 aromatic carbocycles. The van der Waals surface area contributed by atoms with Crippen LogP contribution in [0, 0.1) is 18.6 Å². The van der Waals surface area contributed by atoms with E-state index >= 15 is 0 Å². The van der Waals surface area contributed by atoms with E-state index in [4.69, 9.17) is 16.3 Å². The highest BCUT2D eigenvalue weighted by Crippen LogP contribution is 2.19. The number of amides is 2. The first-order valence-corrected chi connectivity index (χ1v) is 9.89. The molecule has 0 saturated carbocycles. The Labute approximate surface area is 183 Å². The average Bonchev–Trinajstić information content (AvgIpc) is 3.08. The van der Waals surface area contributed by atoms with Crippen LogP contribution in [0.1, 0.15) is 16.8 Å². The van der Waals surface area contributed by atoms with Crippen molar-refractivity contribution in [2.45, 2.75) is 20.0 Å². The Balaban J connectivity index is 1.73. The van der Waals surface area contributed by atoms with E-state index in [1.807, 2.05) is 0 Å². The van der Waals surface area contributed by atoms with Gasteiger partial charge in [-0.25, -0.2) is 18.3 Å². The minimum absolute atomic E-state index is 0.0171. The molecule has 0 bridgehead atoms. The van der Waals surface area contributed by atoms with Gasteiger partial charge >= 0.3 is 6.03 Å². The van der Waals surface area contributed by atoms with Crippen LogP contribution >= 0.6 is 11.6 Å². The summed E-state index contributed by atoms with van der Waals surface area (Å²) in [6, 6.07) is 10.2. The number of hydrogen-bond donors (Lipinski definition) is 1. The molecule has 0 unspecified atom stereocenters. The van der Waals surface area contributed by atoms with Gasteiger partial charge in [0.2, 0.25) is 0 Å². The van der Waals surface area contributed by atoms with Gasteiger partial charge in [-0.15, -0.1) is 5.10 Å². The number of carbonyl (C=O) groups is 1. The van der Waals surface area contributed by atoms with Crippen molar-refractivity contribution in [3.05, 3.63) is 75.9 Å². The van der Waals surface area contributed by atoms with Crippen LogP contribution in [0.25, 0.3) is 0 Å². The summed E-state index contributed by atoms with van der Waals surface area (Å²) >= 11 is 5.85. The van der Waals surface area contributed by atoms with Gasteiger partial charge < -0.3 is 9.64 Å². The lowest BCUT2D eigenvalue weighted by Crippen LogP contribution is -2.37. The predicted octanol–water partition coefficient (Wildman–Crippen LogP) is 4.25. The standard InChI is InChI=1S/C21H22ClF2N5O2/c1-14-20(26-27-29(14)13-16-5-3-4-6-18(16)23)25-21(30)28(9-10-31-2)12-15-7-8-19(24)17(22)11-15/h3-8,11H,9-10,12-13H2,1-2H3,(H,25,30). The van der Waals surface area contributed by atoms with Gasteiger partial charge in [-0.2, -0.15) is 0 Å². The van der Waals surface area contributed by atoms with E-state index in [9.17, 15) is 13.6 Å². The number of ether oxygens (including phenoxy) is 1. The highest BCUT2D eigenvalue weighted by atomic mass is 35.5. The Morgan fingerprint density at radius 3 is 2.71 bits per heavy atom. The number of benzene rings is 2. The highest BCUT2D eigenvalue weighted by molar-refractivity contribution is 6.30. The van der Waals surface area contributed by atoms with E-state index in [1.165, 1.54) is 34.9 Å². The molecule has 164 valence electrons. The summed E-state index contributed by atoms with van der Waals surface area (Å²) in [4.78, 5) is 14.4. The SMILES string of the molecule is COCCN(Cc1ccc(F)c(Cl)c1)C(=O)Nc1nnn(Cc2ccccc2F)c1C. The molecule has 1 N–H and O–H groups in total. The molecule has 0 aliphatic carbocycles. The number of carbonyl (C=O) groups excluding carboxylic acids is 1. The van der Waals surface area contributed by atoms with E-state index in [0.717, 1.165) is 0 Å². The summed E-state index contributed by atoms with van der Waals surface area (Å²) < 4.78 is 33.9. The van der Waals surface area contributed by atoms with Gasteiger partial charge in [0.15, 0.2) is 5.82 Å². The maximum atomic E-state index is 13.9. The maximum Gasteiger partial charge on any atom is 0.323 e. The fraction of sp³-hybridized carbons (Fsp3) is 0.286. The predicted molar refractivity (Wildman–Crippen MR) is 113 cm³/mol. The fourth-order valence-corrected chi connectivity index (χ4v) is 3.11. The number of methoxy groups -OCH3 is 1. The van der Waals surface area contributed by atoms with Crippen LogP contribution < -0.4 is 5.32 Å². The molecule has 2 amide bonds. The van der Waals surface area contributed by atoms with Gasteiger partial charge in [0.25, 0.3) is 0 Å². The lowest BCUT2D eigenvalue weighted by molar-refractivity contribution is 0.152. The Hall–Kier alpha value is -3.04. The molecular weight excluding hydrogens is 428 g/mol. The van der Waals surface area contributed by atoms with Crippen LogP contribution in [0.3, 0.4) is 0 Å². The zero-order valence-electron chi connectivity index (χ0n) is 17.1. The largest absolute Gasteiger partial charge is 0.383 e. The number of urea groups is 1. The van der Waals surface area contributed by atoms with Crippen LogP contribution in [0.2, 0.25) is 5.02 Å². The molecule has 1 heterocycles. The van der Waals surface area contributed by atoms with Crippen molar-refractivity contribution in [2.24, 2.45) is 0 Å². The second-order valence-corrected chi connectivity index (χ2v) is 7.27. The number of aromatic nitrogens is 3. The molecule has 1 aromatic heterocycles. The van der Waals surface area contributed by atoms with E-state index in [-0.39, 0.29) is 29.7 Å². The van der Waals surface area contributed by atoms with Crippen molar-refractivity contribution in [1.29, 1.82) is 0 Å². The molecule has 31 heavy (non-hydrogen) atoms. The Kier molecular flexibility index (Phi) is 7.54. The number of nitrogens with one attached hydrogen (secondary N) is 1. The first kappa shape index (κ1) is 22.6. The molecule has 0 atom stereocenters. The third kappa shape index (κ3) is 5.77. The number of halogens is 3. The maximum absolute atomic E-state index is 13.9.